The third-order valence-electron chi connectivity index (χ3n) is 4.00. The molecule has 4 nitrogen and oxygen atoms in total. The highest BCUT2D eigenvalue weighted by molar-refractivity contribution is 8.00. The molecule has 1 aliphatic heterocycles. The molecule has 132 valence electrons. The molecule has 0 spiro atoms. The molecule has 1 N–H and O–H groups in total. The van der Waals surface area contributed by atoms with E-state index in [2.05, 4.69) is 24.4 Å². The highest BCUT2D eigenvalue weighted by Crippen LogP contribution is 2.34. The number of ether oxygens (including phenoxy) is 2. The van der Waals surface area contributed by atoms with Crippen LogP contribution in [0.15, 0.2) is 53.4 Å². The lowest BCUT2D eigenvalue weighted by Crippen LogP contribution is -2.29. The second-order valence-electron chi connectivity index (χ2n) is 5.91. The number of nitrogens with one attached hydrogen (secondary N) is 1. The Morgan fingerprint density at radius 2 is 1.88 bits per heavy atom. The Morgan fingerprint density at radius 1 is 1.12 bits per heavy atom. The van der Waals surface area contributed by atoms with Crippen molar-refractivity contribution >= 4 is 17.7 Å². The lowest BCUT2D eigenvalue weighted by molar-refractivity contribution is -0.119. The van der Waals surface area contributed by atoms with Gasteiger partial charge in [-0.05, 0) is 30.2 Å². The largest absolute Gasteiger partial charge is 0.486 e. The zero-order valence-electron chi connectivity index (χ0n) is 14.4. The van der Waals surface area contributed by atoms with Crippen LogP contribution in [0.5, 0.6) is 11.5 Å². The minimum Gasteiger partial charge on any atom is -0.486 e. The van der Waals surface area contributed by atoms with Crippen LogP contribution in [-0.2, 0) is 4.79 Å². The summed E-state index contributed by atoms with van der Waals surface area (Å²) in [5.74, 6) is 1.95. The van der Waals surface area contributed by atoms with Crippen molar-refractivity contribution in [2.24, 2.45) is 0 Å². The van der Waals surface area contributed by atoms with Crippen LogP contribution in [0.2, 0.25) is 0 Å². The monoisotopic (exact) mass is 357 g/mol. The van der Waals surface area contributed by atoms with Crippen molar-refractivity contribution in [3.63, 3.8) is 0 Å². The molecule has 0 saturated heterocycles. The summed E-state index contributed by atoms with van der Waals surface area (Å²) in [5.41, 5.74) is 1.15. The first-order chi connectivity index (χ1) is 12.3. The molecule has 0 aromatic heterocycles. The van der Waals surface area contributed by atoms with Crippen molar-refractivity contribution in [1.29, 1.82) is 0 Å². The summed E-state index contributed by atoms with van der Waals surface area (Å²) in [6.45, 7) is 3.28. The van der Waals surface area contributed by atoms with Crippen LogP contribution in [0, 0.1) is 0 Å². The maximum Gasteiger partial charge on any atom is 0.230 e. The highest BCUT2D eigenvalue weighted by Gasteiger charge is 2.15. The molecule has 2 aromatic carbocycles. The van der Waals surface area contributed by atoms with Crippen LogP contribution >= 0.6 is 11.8 Å². The summed E-state index contributed by atoms with van der Waals surface area (Å²) in [6.07, 6.45) is 1.96. The van der Waals surface area contributed by atoms with Crippen LogP contribution in [0.25, 0.3) is 0 Å². The van der Waals surface area contributed by atoms with Gasteiger partial charge in [-0.1, -0.05) is 43.7 Å². The van der Waals surface area contributed by atoms with Gasteiger partial charge in [0.15, 0.2) is 11.5 Å². The van der Waals surface area contributed by atoms with Gasteiger partial charge < -0.3 is 14.8 Å². The molecule has 2 aromatic rings. The number of hydrogen-bond acceptors (Lipinski definition) is 4. The Morgan fingerprint density at radius 3 is 2.64 bits per heavy atom. The minimum absolute atomic E-state index is 0.0437. The van der Waals surface area contributed by atoms with E-state index in [1.165, 1.54) is 11.8 Å². The molecule has 1 atom stereocenters. The fourth-order valence-electron chi connectivity index (χ4n) is 2.79. The number of carbonyl (C=O) groups excluding carboxylic acids is 1. The molecule has 1 amide bonds. The maximum absolute atomic E-state index is 12.4. The third kappa shape index (κ3) is 4.92. The smallest absolute Gasteiger partial charge is 0.230 e. The molecule has 1 heterocycles. The van der Waals surface area contributed by atoms with Crippen molar-refractivity contribution in [1.82, 2.24) is 5.32 Å². The summed E-state index contributed by atoms with van der Waals surface area (Å²) in [4.78, 5) is 13.4. The van der Waals surface area contributed by atoms with Crippen LogP contribution < -0.4 is 14.8 Å². The fraction of sp³-hybridized carbons (Fsp3) is 0.350. The van der Waals surface area contributed by atoms with Crippen LogP contribution in [0.4, 0.5) is 0 Å². The lowest BCUT2D eigenvalue weighted by atomic mass is 10.0. The van der Waals surface area contributed by atoms with E-state index in [9.17, 15) is 4.79 Å². The molecular weight excluding hydrogens is 334 g/mol. The van der Waals surface area contributed by atoms with Gasteiger partial charge >= 0.3 is 0 Å². The number of benzene rings is 2. The fourth-order valence-corrected chi connectivity index (χ4v) is 3.53. The Kier molecular flexibility index (Phi) is 6.23. The SMILES string of the molecule is CCC[C@H](NC(=O)CSc1ccc2c(c1)OCCO2)c1ccccc1. The third-order valence-corrected chi connectivity index (χ3v) is 4.99. The molecule has 0 saturated carbocycles. The summed E-state index contributed by atoms with van der Waals surface area (Å²) in [5, 5.41) is 3.15. The number of thioether (sulfide) groups is 1. The van der Waals surface area contributed by atoms with Gasteiger partial charge in [0.25, 0.3) is 0 Å². The Balaban J connectivity index is 1.56. The predicted molar refractivity (Wildman–Crippen MR) is 100 cm³/mol. The molecule has 0 bridgehead atoms. The van der Waals surface area contributed by atoms with Gasteiger partial charge in [-0.3, -0.25) is 4.79 Å². The van der Waals surface area contributed by atoms with E-state index in [4.69, 9.17) is 9.47 Å². The molecule has 0 unspecified atom stereocenters. The summed E-state index contributed by atoms with van der Waals surface area (Å²) in [7, 11) is 0. The van der Waals surface area contributed by atoms with E-state index >= 15 is 0 Å². The molecule has 5 heteroatoms. The average molecular weight is 357 g/mol. The van der Waals surface area contributed by atoms with Gasteiger partial charge in [0, 0.05) is 4.90 Å². The first-order valence-corrected chi connectivity index (χ1v) is 9.61. The van der Waals surface area contributed by atoms with Gasteiger partial charge in [-0.15, -0.1) is 11.8 Å². The maximum atomic E-state index is 12.4. The van der Waals surface area contributed by atoms with Gasteiger partial charge in [-0.2, -0.15) is 0 Å². The number of amides is 1. The van der Waals surface area contributed by atoms with E-state index < -0.39 is 0 Å². The first-order valence-electron chi connectivity index (χ1n) is 8.63. The number of carbonyl (C=O) groups is 1. The first kappa shape index (κ1) is 17.7. The molecule has 0 fully saturated rings. The van der Waals surface area contributed by atoms with Crippen molar-refractivity contribution in [2.45, 2.75) is 30.7 Å². The number of fused-ring (bicyclic) bond motifs is 1. The van der Waals surface area contributed by atoms with E-state index in [1.807, 2.05) is 36.4 Å². The zero-order chi connectivity index (χ0) is 17.5. The van der Waals surface area contributed by atoms with E-state index in [-0.39, 0.29) is 11.9 Å². The van der Waals surface area contributed by atoms with Crippen molar-refractivity contribution in [3.05, 3.63) is 54.1 Å². The second-order valence-corrected chi connectivity index (χ2v) is 6.96. The summed E-state index contributed by atoms with van der Waals surface area (Å²) >= 11 is 1.51. The second kappa shape index (κ2) is 8.81. The predicted octanol–water partition coefficient (Wildman–Crippen LogP) is 4.21. The van der Waals surface area contributed by atoms with Gasteiger partial charge in [0.2, 0.25) is 5.91 Å². The van der Waals surface area contributed by atoms with Crippen LogP contribution in [-0.4, -0.2) is 24.9 Å². The van der Waals surface area contributed by atoms with Crippen LogP contribution in [0.3, 0.4) is 0 Å². The molecule has 25 heavy (non-hydrogen) atoms. The number of hydrogen-bond donors (Lipinski definition) is 1. The summed E-state index contributed by atoms with van der Waals surface area (Å²) < 4.78 is 11.1. The zero-order valence-corrected chi connectivity index (χ0v) is 15.2. The highest BCUT2D eigenvalue weighted by atomic mass is 32.2. The van der Waals surface area contributed by atoms with Crippen molar-refractivity contribution in [2.75, 3.05) is 19.0 Å². The standard InChI is InChI=1S/C20H23NO3S/c1-2-6-17(15-7-4-3-5-8-15)21-20(22)14-25-16-9-10-18-19(13-16)24-12-11-23-18/h3-5,7-10,13,17H,2,6,11-12,14H2,1H3,(H,21,22)/t17-/m0/s1. The van der Waals surface area contributed by atoms with E-state index in [0.717, 1.165) is 34.8 Å². The minimum atomic E-state index is 0.0437. The van der Waals surface area contributed by atoms with Crippen LogP contribution in [0.1, 0.15) is 31.4 Å². The Hall–Kier alpha value is -2.14. The summed E-state index contributed by atoms with van der Waals surface area (Å²) in [6, 6.07) is 16.0. The lowest BCUT2D eigenvalue weighted by Gasteiger charge is -2.19. The quantitative estimate of drug-likeness (QED) is 0.754. The van der Waals surface area contributed by atoms with Gasteiger partial charge in [-0.25, -0.2) is 0 Å². The van der Waals surface area contributed by atoms with Crippen molar-refractivity contribution < 1.29 is 14.3 Å². The topological polar surface area (TPSA) is 47.6 Å². The molecule has 3 rings (SSSR count). The molecule has 0 radical (unpaired) electrons. The Bertz CT molecular complexity index is 705. The van der Waals surface area contributed by atoms with Crippen molar-refractivity contribution in [3.8, 4) is 11.5 Å². The molecule has 1 aliphatic rings. The molecule has 0 aliphatic carbocycles. The Labute approximate surface area is 152 Å². The number of rotatable bonds is 7. The van der Waals surface area contributed by atoms with E-state index in [1.54, 1.807) is 0 Å². The van der Waals surface area contributed by atoms with E-state index in [0.29, 0.717) is 19.0 Å². The van der Waals surface area contributed by atoms with Gasteiger partial charge in [0.05, 0.1) is 11.8 Å². The normalized spacial score (nSPS) is 14.0. The van der Waals surface area contributed by atoms with Gasteiger partial charge in [0.1, 0.15) is 13.2 Å². The average Bonchev–Trinajstić information content (AvgIpc) is 2.66. The molecular formula is C20H23NO3S.